The van der Waals surface area contributed by atoms with Crippen molar-refractivity contribution in [3.63, 3.8) is 0 Å². The first-order chi connectivity index (χ1) is 22.7. The minimum absolute atomic E-state index is 0.0880. The fourth-order valence-electron chi connectivity index (χ4n) is 4.15. The summed E-state index contributed by atoms with van der Waals surface area (Å²) in [5.74, 6) is 12.6. The highest BCUT2D eigenvalue weighted by atomic mass is 16.3. The molecule has 0 bridgehead atoms. The van der Waals surface area contributed by atoms with Gasteiger partial charge in [0, 0.05) is 50.6 Å². The molecule has 4 aromatic carbocycles. The van der Waals surface area contributed by atoms with Crippen molar-refractivity contribution in [2.75, 3.05) is 21.3 Å². The van der Waals surface area contributed by atoms with Crippen LogP contribution in [-0.2, 0) is 0 Å². The third kappa shape index (κ3) is 10.9. The minimum Gasteiger partial charge on any atom is -0.378 e. The van der Waals surface area contributed by atoms with Gasteiger partial charge in [0.2, 0.25) is 0 Å². The number of carbonyl (C=O) groups excluding carboxylic acids is 3. The molecule has 240 valence electrons. The first-order valence-electron chi connectivity index (χ1n) is 14.8. The molecule has 0 fully saturated rings. The van der Waals surface area contributed by atoms with E-state index in [1.54, 1.807) is 100 Å². The van der Waals surface area contributed by atoms with Crippen molar-refractivity contribution in [1.82, 2.24) is 0 Å². The van der Waals surface area contributed by atoms with E-state index in [9.17, 15) is 24.6 Å². The zero-order valence-corrected chi connectivity index (χ0v) is 26.9. The van der Waals surface area contributed by atoms with Crippen LogP contribution in [0.25, 0.3) is 0 Å². The molecule has 9 nitrogen and oxygen atoms in total. The van der Waals surface area contributed by atoms with Gasteiger partial charge in [-0.3, -0.25) is 9.59 Å². The molecule has 6 N–H and O–H groups in total. The molecule has 9 heteroatoms. The van der Waals surface area contributed by atoms with Gasteiger partial charge in [0.15, 0.2) is 0 Å². The summed E-state index contributed by atoms with van der Waals surface area (Å²) < 4.78 is 0. The fourth-order valence-corrected chi connectivity index (χ4v) is 4.15. The monoisotopic (exact) mass is 638 g/mol. The maximum absolute atomic E-state index is 13.5. The summed E-state index contributed by atoms with van der Waals surface area (Å²) in [5, 5.41) is 30.8. The average Bonchev–Trinajstić information content (AvgIpc) is 3.02. The normalized spacial score (nSPS) is 10.6. The second kappa shape index (κ2) is 14.9. The van der Waals surface area contributed by atoms with Crippen LogP contribution < -0.4 is 21.3 Å². The van der Waals surface area contributed by atoms with Crippen LogP contribution in [0, 0.1) is 36.0 Å². The fraction of sp³-hybridized carbons (Fsp3) is 0.154. The standard InChI is InChI=1S/C39H34N4O5/c1-6-26-10-7-15-33(20-26)42-37(46)43-34-24-29(35(44)40-31-13-8-11-27(21-31)16-18-38(2,3)47)23-30(25-34)36(45)41-32-14-9-12-28(22-32)17-19-39(4,5)48/h1,7-15,20-25,47-48H,2-5H3,(H,40,44)(H,41,45)(H2,42,43,46). The first-order valence-corrected chi connectivity index (χ1v) is 14.8. The summed E-state index contributed by atoms with van der Waals surface area (Å²) in [6, 6.07) is 23.9. The van der Waals surface area contributed by atoms with E-state index in [1.165, 1.54) is 18.2 Å². The van der Waals surface area contributed by atoms with E-state index in [0.717, 1.165) is 0 Å². The molecule has 4 amide bonds. The highest BCUT2D eigenvalue weighted by Crippen LogP contribution is 2.21. The van der Waals surface area contributed by atoms with Gasteiger partial charge in [-0.15, -0.1) is 6.42 Å². The molecule has 48 heavy (non-hydrogen) atoms. The Morgan fingerprint density at radius 3 is 1.40 bits per heavy atom. The quantitative estimate of drug-likeness (QED) is 0.143. The number of hydrogen-bond acceptors (Lipinski definition) is 5. The molecule has 0 aromatic heterocycles. The summed E-state index contributed by atoms with van der Waals surface area (Å²) in [6.45, 7) is 6.27. The van der Waals surface area contributed by atoms with Gasteiger partial charge in [0.1, 0.15) is 11.2 Å². The van der Waals surface area contributed by atoms with Crippen molar-refractivity contribution in [2.45, 2.75) is 38.9 Å². The molecule has 0 heterocycles. The van der Waals surface area contributed by atoms with Gasteiger partial charge < -0.3 is 31.5 Å². The Morgan fingerprint density at radius 1 is 0.562 bits per heavy atom. The Balaban J connectivity index is 1.63. The van der Waals surface area contributed by atoms with Crippen LogP contribution in [0.1, 0.15) is 65.1 Å². The van der Waals surface area contributed by atoms with Crippen molar-refractivity contribution in [3.8, 4) is 36.0 Å². The third-order valence-corrected chi connectivity index (χ3v) is 6.27. The lowest BCUT2D eigenvalue weighted by atomic mass is 10.1. The van der Waals surface area contributed by atoms with E-state index in [-0.39, 0.29) is 16.8 Å². The predicted molar refractivity (Wildman–Crippen MR) is 189 cm³/mol. The number of carbonyl (C=O) groups is 3. The second-order valence-corrected chi connectivity index (χ2v) is 11.8. The molecule has 0 spiro atoms. The van der Waals surface area contributed by atoms with Gasteiger partial charge in [-0.2, -0.15) is 0 Å². The zero-order chi connectivity index (χ0) is 34.9. The number of rotatable bonds is 6. The van der Waals surface area contributed by atoms with Crippen molar-refractivity contribution in [3.05, 3.63) is 119 Å². The predicted octanol–water partition coefficient (Wildman–Crippen LogP) is 6.06. The van der Waals surface area contributed by atoms with Gasteiger partial charge in [-0.05, 0) is 100 Å². The van der Waals surface area contributed by atoms with Gasteiger partial charge >= 0.3 is 6.03 Å². The third-order valence-electron chi connectivity index (χ3n) is 6.27. The van der Waals surface area contributed by atoms with Gasteiger partial charge in [0.25, 0.3) is 11.8 Å². The number of nitrogens with one attached hydrogen (secondary N) is 4. The highest BCUT2D eigenvalue weighted by Gasteiger charge is 2.16. The van der Waals surface area contributed by atoms with Crippen LogP contribution >= 0.6 is 0 Å². The molecular weight excluding hydrogens is 604 g/mol. The van der Waals surface area contributed by atoms with Crippen molar-refractivity contribution >= 4 is 40.6 Å². The van der Waals surface area contributed by atoms with E-state index in [0.29, 0.717) is 33.8 Å². The Kier molecular flexibility index (Phi) is 10.7. The van der Waals surface area contributed by atoms with E-state index in [4.69, 9.17) is 6.42 Å². The highest BCUT2D eigenvalue weighted by molar-refractivity contribution is 6.11. The van der Waals surface area contributed by atoms with E-state index in [2.05, 4.69) is 50.9 Å². The van der Waals surface area contributed by atoms with Gasteiger partial charge in [0.05, 0.1) is 0 Å². The maximum Gasteiger partial charge on any atom is 0.323 e. The molecular formula is C39H34N4O5. The van der Waals surface area contributed by atoms with Gasteiger partial charge in [-0.25, -0.2) is 4.79 Å². The Morgan fingerprint density at radius 2 is 0.958 bits per heavy atom. The zero-order valence-electron chi connectivity index (χ0n) is 26.9. The number of urea groups is 1. The first kappa shape index (κ1) is 34.6. The minimum atomic E-state index is -1.19. The van der Waals surface area contributed by atoms with Crippen LogP contribution in [0.15, 0.2) is 91.0 Å². The van der Waals surface area contributed by atoms with Crippen molar-refractivity contribution in [2.24, 2.45) is 0 Å². The van der Waals surface area contributed by atoms with Crippen molar-refractivity contribution < 1.29 is 24.6 Å². The number of hydrogen-bond donors (Lipinski definition) is 6. The van der Waals surface area contributed by atoms with Crippen molar-refractivity contribution in [1.29, 1.82) is 0 Å². The van der Waals surface area contributed by atoms with Crippen LogP contribution in [0.4, 0.5) is 27.5 Å². The number of benzene rings is 4. The van der Waals surface area contributed by atoms with Crippen LogP contribution in [0.5, 0.6) is 0 Å². The molecule has 4 rings (SSSR count). The maximum atomic E-state index is 13.5. The Bertz CT molecular complexity index is 1930. The molecule has 0 aliphatic rings. The number of aliphatic hydroxyl groups is 2. The smallest absolute Gasteiger partial charge is 0.323 e. The number of terminal acetylenes is 1. The Hall–Kier alpha value is -6.31. The van der Waals surface area contributed by atoms with E-state index < -0.39 is 29.0 Å². The molecule has 4 aromatic rings. The topological polar surface area (TPSA) is 140 Å². The summed E-state index contributed by atoms with van der Waals surface area (Å²) in [7, 11) is 0. The lowest BCUT2D eigenvalue weighted by Crippen LogP contribution is -2.21. The SMILES string of the molecule is C#Cc1cccc(NC(=O)Nc2cc(C(=O)Nc3cccc(C#CC(C)(C)O)c3)cc(C(=O)Nc3cccc(C#CC(C)(C)O)c3)c2)c1. The molecule has 0 saturated carbocycles. The lowest BCUT2D eigenvalue weighted by Gasteiger charge is -2.13. The summed E-state index contributed by atoms with van der Waals surface area (Å²) in [6.07, 6.45) is 5.47. The number of amides is 4. The number of anilines is 4. The molecule has 0 unspecified atom stereocenters. The van der Waals surface area contributed by atoms with Crippen LogP contribution in [-0.4, -0.2) is 39.3 Å². The largest absolute Gasteiger partial charge is 0.378 e. The lowest BCUT2D eigenvalue weighted by molar-refractivity contribution is 0.102. The Labute approximate surface area is 279 Å². The van der Waals surface area contributed by atoms with Crippen LogP contribution in [0.2, 0.25) is 0 Å². The summed E-state index contributed by atoms with van der Waals surface area (Å²) in [4.78, 5) is 39.9. The molecule has 0 radical (unpaired) electrons. The molecule has 0 saturated heterocycles. The van der Waals surface area contributed by atoms with Gasteiger partial charge in [-0.1, -0.05) is 47.8 Å². The van der Waals surface area contributed by atoms with E-state index in [1.807, 2.05) is 0 Å². The molecule has 0 atom stereocenters. The summed E-state index contributed by atoms with van der Waals surface area (Å²) >= 11 is 0. The second-order valence-electron chi connectivity index (χ2n) is 11.8. The van der Waals surface area contributed by atoms with Crippen LogP contribution in [0.3, 0.4) is 0 Å². The summed E-state index contributed by atoms with van der Waals surface area (Å²) in [5.41, 5.74) is 1.02. The van der Waals surface area contributed by atoms with E-state index >= 15 is 0 Å². The molecule has 0 aliphatic carbocycles. The molecule has 0 aliphatic heterocycles. The average molecular weight is 639 g/mol.